The van der Waals surface area contributed by atoms with Crippen molar-refractivity contribution in [3.63, 3.8) is 0 Å². The van der Waals surface area contributed by atoms with Crippen molar-refractivity contribution in [2.24, 2.45) is 0 Å². The molecular weight excluding hydrogens is 410 g/mol. The van der Waals surface area contributed by atoms with Gasteiger partial charge in [0.2, 0.25) is 10.0 Å². The number of benzene rings is 2. The Balaban J connectivity index is 1.79. The summed E-state index contributed by atoms with van der Waals surface area (Å²) in [5.74, 6) is 0.591. The zero-order valence-corrected chi connectivity index (χ0v) is 17.8. The molecule has 9 nitrogen and oxygen atoms in total. The number of carbonyl (C=O) groups is 1. The summed E-state index contributed by atoms with van der Waals surface area (Å²) in [4.78, 5) is 22.1. The molecule has 1 atom stereocenters. The van der Waals surface area contributed by atoms with E-state index in [1.807, 2.05) is 12.1 Å². The fourth-order valence-electron chi connectivity index (χ4n) is 2.53. The van der Waals surface area contributed by atoms with Crippen LogP contribution in [-0.2, 0) is 14.8 Å². The van der Waals surface area contributed by atoms with Crippen LogP contribution in [-0.4, -0.2) is 38.4 Å². The Kier molecular flexibility index (Phi) is 7.90. The Morgan fingerprint density at radius 2 is 1.63 bits per heavy atom. The Morgan fingerprint density at radius 1 is 1.03 bits per heavy atom. The Labute approximate surface area is 175 Å². The average Bonchev–Trinajstić information content (AvgIpc) is 2.71. The molecule has 162 valence electrons. The van der Waals surface area contributed by atoms with Crippen molar-refractivity contribution in [3.8, 4) is 5.75 Å². The minimum atomic E-state index is -3.84. The zero-order valence-electron chi connectivity index (χ0n) is 17.0. The Hall–Kier alpha value is -2.98. The smallest absolute Gasteiger partial charge is 0.269 e. The number of sulfonamides is 1. The van der Waals surface area contributed by atoms with Gasteiger partial charge in [-0.1, -0.05) is 26.0 Å². The molecule has 0 radical (unpaired) electrons. The third kappa shape index (κ3) is 6.53. The van der Waals surface area contributed by atoms with Gasteiger partial charge in [-0.25, -0.2) is 13.1 Å². The van der Waals surface area contributed by atoms with Gasteiger partial charge in [0.25, 0.3) is 11.6 Å². The van der Waals surface area contributed by atoms with E-state index >= 15 is 0 Å². The molecule has 0 aromatic heterocycles. The van der Waals surface area contributed by atoms with Crippen LogP contribution in [0.5, 0.6) is 5.75 Å². The molecule has 10 heteroatoms. The molecule has 1 unspecified atom stereocenters. The van der Waals surface area contributed by atoms with E-state index in [9.17, 15) is 23.3 Å². The summed E-state index contributed by atoms with van der Waals surface area (Å²) >= 11 is 0. The molecule has 0 fully saturated rings. The van der Waals surface area contributed by atoms with E-state index in [0.29, 0.717) is 11.7 Å². The number of rotatable bonds is 10. The molecule has 2 rings (SSSR count). The molecule has 0 bridgehead atoms. The maximum absolute atomic E-state index is 12.2. The van der Waals surface area contributed by atoms with Gasteiger partial charge in [0.15, 0.2) is 6.10 Å². The highest BCUT2D eigenvalue weighted by molar-refractivity contribution is 7.89. The maximum atomic E-state index is 12.2. The lowest BCUT2D eigenvalue weighted by atomic mass is 10.0. The number of nitrogens with zero attached hydrogens (tertiary/aromatic N) is 1. The van der Waals surface area contributed by atoms with Crippen molar-refractivity contribution in [1.82, 2.24) is 10.0 Å². The van der Waals surface area contributed by atoms with Crippen LogP contribution < -0.4 is 14.8 Å². The molecule has 30 heavy (non-hydrogen) atoms. The van der Waals surface area contributed by atoms with Crippen molar-refractivity contribution in [2.45, 2.75) is 37.7 Å². The minimum absolute atomic E-state index is 0.0408. The number of amides is 1. The predicted molar refractivity (Wildman–Crippen MR) is 112 cm³/mol. The number of carbonyl (C=O) groups excluding carboxylic acids is 1. The summed E-state index contributed by atoms with van der Waals surface area (Å²) in [6.45, 7) is 5.79. The van der Waals surface area contributed by atoms with Gasteiger partial charge in [-0.15, -0.1) is 0 Å². The fourth-order valence-corrected chi connectivity index (χ4v) is 3.57. The number of nitro groups is 1. The summed E-state index contributed by atoms with van der Waals surface area (Å²) in [5, 5.41) is 13.2. The van der Waals surface area contributed by atoms with Crippen molar-refractivity contribution in [3.05, 3.63) is 64.2 Å². The first-order valence-corrected chi connectivity index (χ1v) is 10.9. The molecule has 0 saturated carbocycles. The van der Waals surface area contributed by atoms with Gasteiger partial charge in [0.1, 0.15) is 5.75 Å². The van der Waals surface area contributed by atoms with E-state index in [2.05, 4.69) is 23.9 Å². The van der Waals surface area contributed by atoms with Crippen LogP contribution in [0.3, 0.4) is 0 Å². The number of hydrogen-bond donors (Lipinski definition) is 2. The topological polar surface area (TPSA) is 128 Å². The molecule has 0 spiro atoms. The standard InChI is InChI=1S/C20H25N3O6S/c1-14(2)16-4-8-18(9-5-16)29-15(3)20(24)21-12-13-22-30(27,28)19-10-6-17(7-11-19)23(25)26/h4-11,14-15,22H,12-13H2,1-3H3,(H,21,24). The molecule has 2 aromatic rings. The van der Waals surface area contributed by atoms with Gasteiger partial charge < -0.3 is 10.1 Å². The van der Waals surface area contributed by atoms with Crippen molar-refractivity contribution in [2.75, 3.05) is 13.1 Å². The zero-order chi connectivity index (χ0) is 22.3. The summed E-state index contributed by atoms with van der Waals surface area (Å²) < 4.78 is 32.3. The molecule has 0 saturated heterocycles. The molecule has 2 N–H and O–H groups in total. The van der Waals surface area contributed by atoms with Gasteiger partial charge in [0.05, 0.1) is 9.82 Å². The van der Waals surface area contributed by atoms with E-state index in [0.717, 1.165) is 24.3 Å². The van der Waals surface area contributed by atoms with Gasteiger partial charge in [-0.05, 0) is 42.7 Å². The van der Waals surface area contributed by atoms with E-state index in [1.165, 1.54) is 5.56 Å². The lowest BCUT2D eigenvalue weighted by molar-refractivity contribution is -0.384. The summed E-state index contributed by atoms with van der Waals surface area (Å²) in [6, 6.07) is 12.0. The lowest BCUT2D eigenvalue weighted by Crippen LogP contribution is -2.40. The van der Waals surface area contributed by atoms with Crippen LogP contribution in [0.1, 0.15) is 32.3 Å². The highest BCUT2D eigenvalue weighted by Crippen LogP contribution is 2.19. The van der Waals surface area contributed by atoms with Crippen LogP contribution in [0.2, 0.25) is 0 Å². The second-order valence-electron chi connectivity index (χ2n) is 6.92. The first kappa shape index (κ1) is 23.3. The third-order valence-electron chi connectivity index (χ3n) is 4.30. The molecule has 0 heterocycles. The second-order valence-corrected chi connectivity index (χ2v) is 8.69. The summed E-state index contributed by atoms with van der Waals surface area (Å²) in [5.41, 5.74) is 0.966. The van der Waals surface area contributed by atoms with Crippen LogP contribution in [0.15, 0.2) is 53.4 Å². The number of hydrogen-bond acceptors (Lipinski definition) is 6. The number of ether oxygens (including phenoxy) is 1. The molecule has 0 aliphatic carbocycles. The predicted octanol–water partition coefficient (Wildman–Crippen LogP) is 2.58. The van der Waals surface area contributed by atoms with Gasteiger partial charge >= 0.3 is 0 Å². The van der Waals surface area contributed by atoms with E-state index in [-0.39, 0.29) is 29.6 Å². The fraction of sp³-hybridized carbons (Fsp3) is 0.350. The molecule has 2 aromatic carbocycles. The summed E-state index contributed by atoms with van der Waals surface area (Å²) in [6.07, 6.45) is -0.749. The van der Waals surface area contributed by atoms with E-state index in [1.54, 1.807) is 19.1 Å². The van der Waals surface area contributed by atoms with Crippen molar-refractivity contribution >= 4 is 21.6 Å². The molecule has 0 aliphatic heterocycles. The first-order chi connectivity index (χ1) is 14.1. The Morgan fingerprint density at radius 3 is 2.17 bits per heavy atom. The van der Waals surface area contributed by atoms with Crippen molar-refractivity contribution < 1.29 is 22.9 Å². The monoisotopic (exact) mass is 435 g/mol. The number of nitrogens with one attached hydrogen (secondary N) is 2. The normalized spacial score (nSPS) is 12.4. The van der Waals surface area contributed by atoms with Crippen LogP contribution >= 0.6 is 0 Å². The largest absolute Gasteiger partial charge is 0.481 e. The SMILES string of the molecule is CC(Oc1ccc(C(C)C)cc1)C(=O)NCCNS(=O)(=O)c1ccc([N+](=O)[O-])cc1. The van der Waals surface area contributed by atoms with E-state index < -0.39 is 21.1 Å². The van der Waals surface area contributed by atoms with Gasteiger partial charge in [0, 0.05) is 25.2 Å². The lowest BCUT2D eigenvalue weighted by Gasteiger charge is -2.15. The van der Waals surface area contributed by atoms with E-state index in [4.69, 9.17) is 4.74 Å². The maximum Gasteiger partial charge on any atom is 0.269 e. The summed E-state index contributed by atoms with van der Waals surface area (Å²) in [7, 11) is -3.84. The third-order valence-corrected chi connectivity index (χ3v) is 5.78. The number of non-ortho nitro benzene ring substituents is 1. The van der Waals surface area contributed by atoms with Crippen LogP contribution in [0.25, 0.3) is 0 Å². The Bertz CT molecular complexity index is 973. The van der Waals surface area contributed by atoms with Crippen LogP contribution in [0.4, 0.5) is 5.69 Å². The molecular formula is C20H25N3O6S. The highest BCUT2D eigenvalue weighted by Gasteiger charge is 2.17. The van der Waals surface area contributed by atoms with Gasteiger partial charge in [-0.2, -0.15) is 0 Å². The first-order valence-electron chi connectivity index (χ1n) is 9.38. The van der Waals surface area contributed by atoms with Gasteiger partial charge in [-0.3, -0.25) is 14.9 Å². The highest BCUT2D eigenvalue weighted by atomic mass is 32.2. The minimum Gasteiger partial charge on any atom is -0.481 e. The van der Waals surface area contributed by atoms with Crippen LogP contribution in [0, 0.1) is 10.1 Å². The number of nitro benzene ring substituents is 1. The average molecular weight is 436 g/mol. The quantitative estimate of drug-likeness (QED) is 0.335. The van der Waals surface area contributed by atoms with Crippen molar-refractivity contribution in [1.29, 1.82) is 0 Å². The second kappa shape index (κ2) is 10.2. The molecule has 1 amide bonds. The molecule has 0 aliphatic rings.